The summed E-state index contributed by atoms with van der Waals surface area (Å²) in [6.07, 6.45) is -0.544. The minimum atomic E-state index is -4.62. The fourth-order valence-corrected chi connectivity index (χ4v) is 4.02. The summed E-state index contributed by atoms with van der Waals surface area (Å²) in [4.78, 5) is 36.9. The number of hydrogen-bond acceptors (Lipinski definition) is 6. The van der Waals surface area contributed by atoms with Crippen LogP contribution in [0.5, 0.6) is 0 Å². The van der Waals surface area contributed by atoms with Crippen LogP contribution in [0, 0.1) is 0 Å². The molecule has 0 spiro atoms. The zero-order valence-electron chi connectivity index (χ0n) is 13.6. The van der Waals surface area contributed by atoms with Crippen molar-refractivity contribution in [2.45, 2.75) is 25.1 Å². The van der Waals surface area contributed by atoms with Gasteiger partial charge in [0.2, 0.25) is 5.91 Å². The molecule has 2 fully saturated rings. The first-order valence-electron chi connectivity index (χ1n) is 7.84. The quantitative estimate of drug-likeness (QED) is 0.518. The Kier molecular flexibility index (Phi) is 4.83. The van der Waals surface area contributed by atoms with Crippen LogP contribution in [-0.4, -0.2) is 65.3 Å². The van der Waals surface area contributed by atoms with Crippen LogP contribution in [-0.2, 0) is 31.2 Å². The van der Waals surface area contributed by atoms with Crippen molar-refractivity contribution >= 4 is 28.2 Å². The van der Waals surface area contributed by atoms with Crippen LogP contribution >= 0.6 is 0 Å². The van der Waals surface area contributed by atoms with E-state index in [4.69, 9.17) is 9.29 Å². The van der Waals surface area contributed by atoms with Crippen molar-refractivity contribution < 1.29 is 32.1 Å². The standard InChI is InChI=1S/C15H17N3O7S/c19-12(8-16-15(21)25-9-10-4-2-1-3-5-10)17-7-6-11-13(17)14(20)18(11)26(22,23)24/h1-5,11,13H,6-9H2,(H,16,21)(H,22,23,24)/t11-,13+/m1/s1. The second-order valence-electron chi connectivity index (χ2n) is 5.92. The molecule has 3 amide bonds. The fraction of sp³-hybridized carbons (Fsp3) is 0.400. The molecule has 2 heterocycles. The zero-order valence-corrected chi connectivity index (χ0v) is 14.4. The highest BCUT2D eigenvalue weighted by molar-refractivity contribution is 7.84. The van der Waals surface area contributed by atoms with Crippen molar-refractivity contribution in [2.24, 2.45) is 0 Å². The summed E-state index contributed by atoms with van der Waals surface area (Å²) in [6.45, 7) is -0.167. The number of ether oxygens (including phenoxy) is 1. The van der Waals surface area contributed by atoms with Gasteiger partial charge in [0.1, 0.15) is 19.2 Å². The highest BCUT2D eigenvalue weighted by atomic mass is 32.2. The SMILES string of the molecule is O=C(NCC(=O)N1CC[C@@H]2[C@H]1C(=O)N2S(=O)(=O)O)OCc1ccccc1. The second-order valence-corrected chi connectivity index (χ2v) is 7.20. The first-order valence-corrected chi connectivity index (χ1v) is 9.23. The summed E-state index contributed by atoms with van der Waals surface area (Å²) in [7, 11) is -4.62. The number of benzene rings is 1. The fourth-order valence-electron chi connectivity index (χ4n) is 3.12. The highest BCUT2D eigenvalue weighted by Gasteiger charge is 2.59. The Hall–Kier alpha value is -2.66. The molecule has 2 saturated heterocycles. The van der Waals surface area contributed by atoms with E-state index in [-0.39, 0.29) is 26.1 Å². The van der Waals surface area contributed by atoms with Crippen molar-refractivity contribution in [3.05, 3.63) is 35.9 Å². The van der Waals surface area contributed by atoms with E-state index in [2.05, 4.69) is 5.32 Å². The van der Waals surface area contributed by atoms with Crippen LogP contribution in [0.15, 0.2) is 30.3 Å². The van der Waals surface area contributed by atoms with Crippen LogP contribution in [0.2, 0.25) is 0 Å². The Balaban J connectivity index is 1.47. The van der Waals surface area contributed by atoms with Gasteiger partial charge in [0, 0.05) is 6.54 Å². The van der Waals surface area contributed by atoms with E-state index >= 15 is 0 Å². The molecule has 0 bridgehead atoms. The van der Waals surface area contributed by atoms with Crippen molar-refractivity contribution in [2.75, 3.05) is 13.1 Å². The van der Waals surface area contributed by atoms with Gasteiger partial charge in [-0.1, -0.05) is 30.3 Å². The predicted molar refractivity (Wildman–Crippen MR) is 86.9 cm³/mol. The highest BCUT2D eigenvalue weighted by Crippen LogP contribution is 2.35. The van der Waals surface area contributed by atoms with Gasteiger partial charge in [-0.05, 0) is 12.0 Å². The van der Waals surface area contributed by atoms with Gasteiger partial charge in [-0.15, -0.1) is 0 Å². The lowest BCUT2D eigenvalue weighted by molar-refractivity contribution is -0.151. The maximum absolute atomic E-state index is 12.2. The van der Waals surface area contributed by atoms with Gasteiger partial charge < -0.3 is 15.0 Å². The Morgan fingerprint density at radius 2 is 1.96 bits per heavy atom. The van der Waals surface area contributed by atoms with E-state index in [0.717, 1.165) is 5.56 Å². The molecule has 1 aromatic rings. The number of alkyl carbamates (subject to hydrolysis) is 1. The monoisotopic (exact) mass is 383 g/mol. The molecule has 0 unspecified atom stereocenters. The van der Waals surface area contributed by atoms with E-state index in [1.165, 1.54) is 4.90 Å². The number of amides is 3. The lowest BCUT2D eigenvalue weighted by Crippen LogP contribution is -2.68. The van der Waals surface area contributed by atoms with Crippen LogP contribution < -0.4 is 5.32 Å². The maximum atomic E-state index is 12.2. The minimum Gasteiger partial charge on any atom is -0.445 e. The molecule has 10 nitrogen and oxygen atoms in total. The Bertz CT molecular complexity index is 827. The first-order chi connectivity index (χ1) is 12.3. The number of β-lactam (4-membered cyclic amide) rings is 1. The molecular formula is C15H17N3O7S. The van der Waals surface area contributed by atoms with Crippen LogP contribution in [0.3, 0.4) is 0 Å². The minimum absolute atomic E-state index is 0.0527. The summed E-state index contributed by atoms with van der Waals surface area (Å²) in [6, 6.07) is 7.32. The number of likely N-dealkylation sites (tertiary alicyclic amines) is 1. The molecular weight excluding hydrogens is 366 g/mol. The first kappa shape index (κ1) is 18.1. The number of nitrogens with zero attached hydrogens (tertiary/aromatic N) is 2. The Labute approximate surface area is 149 Å². The van der Waals surface area contributed by atoms with E-state index in [1.54, 1.807) is 24.3 Å². The normalized spacial score (nSPS) is 21.8. The third-order valence-electron chi connectivity index (χ3n) is 4.30. The lowest BCUT2D eigenvalue weighted by atomic mass is 10.0. The molecule has 26 heavy (non-hydrogen) atoms. The van der Waals surface area contributed by atoms with Gasteiger partial charge in [-0.2, -0.15) is 8.42 Å². The number of carbonyl (C=O) groups is 3. The van der Waals surface area contributed by atoms with Crippen molar-refractivity contribution in [3.63, 3.8) is 0 Å². The van der Waals surface area contributed by atoms with Crippen LogP contribution in [0.1, 0.15) is 12.0 Å². The van der Waals surface area contributed by atoms with Crippen molar-refractivity contribution in [3.8, 4) is 0 Å². The topological polar surface area (TPSA) is 133 Å². The Morgan fingerprint density at radius 1 is 1.27 bits per heavy atom. The third-order valence-corrected chi connectivity index (χ3v) is 5.25. The molecule has 0 aliphatic carbocycles. The Morgan fingerprint density at radius 3 is 2.62 bits per heavy atom. The van der Waals surface area contributed by atoms with E-state index in [9.17, 15) is 22.8 Å². The van der Waals surface area contributed by atoms with E-state index < -0.39 is 40.3 Å². The smallest absolute Gasteiger partial charge is 0.407 e. The summed E-state index contributed by atoms with van der Waals surface area (Å²) < 4.78 is 36.6. The number of carbonyl (C=O) groups excluding carboxylic acids is 3. The van der Waals surface area contributed by atoms with E-state index in [1.807, 2.05) is 6.07 Å². The summed E-state index contributed by atoms with van der Waals surface area (Å²) in [5, 5.41) is 2.30. The van der Waals surface area contributed by atoms with Crippen molar-refractivity contribution in [1.29, 1.82) is 0 Å². The third kappa shape index (κ3) is 3.48. The number of nitrogens with one attached hydrogen (secondary N) is 1. The van der Waals surface area contributed by atoms with Crippen LogP contribution in [0.4, 0.5) is 4.79 Å². The second kappa shape index (κ2) is 6.92. The average Bonchev–Trinajstić information content (AvgIpc) is 2.96. The van der Waals surface area contributed by atoms with Gasteiger partial charge in [-0.3, -0.25) is 14.1 Å². The molecule has 2 atom stereocenters. The van der Waals surface area contributed by atoms with Gasteiger partial charge in [0.15, 0.2) is 0 Å². The van der Waals surface area contributed by atoms with Gasteiger partial charge in [-0.25, -0.2) is 9.10 Å². The summed E-state index contributed by atoms with van der Waals surface area (Å²) >= 11 is 0. The molecule has 11 heteroatoms. The van der Waals surface area contributed by atoms with E-state index in [0.29, 0.717) is 4.31 Å². The molecule has 2 N–H and O–H groups in total. The summed E-state index contributed by atoms with van der Waals surface area (Å²) in [5.74, 6) is -1.38. The molecule has 2 aliphatic heterocycles. The molecule has 3 rings (SSSR count). The largest absolute Gasteiger partial charge is 0.445 e. The van der Waals surface area contributed by atoms with Crippen molar-refractivity contribution in [1.82, 2.24) is 14.5 Å². The maximum Gasteiger partial charge on any atom is 0.407 e. The van der Waals surface area contributed by atoms with Gasteiger partial charge in [0.25, 0.3) is 5.91 Å². The number of hydrogen-bond donors (Lipinski definition) is 2. The van der Waals surface area contributed by atoms with Gasteiger partial charge >= 0.3 is 16.4 Å². The summed E-state index contributed by atoms with van der Waals surface area (Å²) in [5.41, 5.74) is 0.793. The predicted octanol–water partition coefficient (Wildman–Crippen LogP) is -0.473. The molecule has 0 aromatic heterocycles. The number of rotatable bonds is 5. The molecule has 1 aromatic carbocycles. The molecule has 2 aliphatic rings. The number of fused-ring (bicyclic) bond motifs is 1. The lowest BCUT2D eigenvalue weighted by Gasteiger charge is -2.42. The molecule has 0 saturated carbocycles. The molecule has 140 valence electrons. The van der Waals surface area contributed by atoms with Gasteiger partial charge in [0.05, 0.1) is 6.04 Å². The molecule has 0 radical (unpaired) electrons. The van der Waals surface area contributed by atoms with Crippen LogP contribution in [0.25, 0.3) is 0 Å². The zero-order chi connectivity index (χ0) is 18.9. The average molecular weight is 383 g/mol.